The van der Waals surface area contributed by atoms with Crippen molar-refractivity contribution in [3.8, 4) is 0 Å². The van der Waals surface area contributed by atoms with E-state index in [1.807, 2.05) is 6.07 Å². The summed E-state index contributed by atoms with van der Waals surface area (Å²) in [7, 11) is 0. The van der Waals surface area contributed by atoms with Gasteiger partial charge in [-0.2, -0.15) is 0 Å². The van der Waals surface area contributed by atoms with Crippen molar-refractivity contribution in [2.45, 2.75) is 24.4 Å². The fourth-order valence-electron chi connectivity index (χ4n) is 2.53. The van der Waals surface area contributed by atoms with Gasteiger partial charge in [0.05, 0.1) is 13.1 Å². The van der Waals surface area contributed by atoms with Crippen LogP contribution in [0.1, 0.15) is 22.8 Å². The van der Waals surface area contributed by atoms with Crippen LogP contribution in [0.4, 0.5) is 0 Å². The standard InChI is InChI=1S/C21H24N6O5S/c1-13(27-18(29)12-26-20(31)15-5-7-23-8-6-15)19(30)25-11-17(28)21(32)24-10-14-3-2-4-16(9-14)33-22/h2-9,13H,10-12,22H2,1H3,(H,24,32)(H,25,30)(H,26,31)(H,27,29)/t13-/m0/s1. The van der Waals surface area contributed by atoms with Gasteiger partial charge in [-0.3, -0.25) is 34.1 Å². The Morgan fingerprint density at radius 1 is 1.00 bits per heavy atom. The van der Waals surface area contributed by atoms with Crippen LogP contribution in [0.15, 0.2) is 53.7 Å². The molecule has 4 amide bonds. The number of Topliss-reactive ketones (excluding diaryl/α,β-unsaturated/α-hetero) is 1. The van der Waals surface area contributed by atoms with Gasteiger partial charge >= 0.3 is 0 Å². The molecule has 0 saturated carbocycles. The van der Waals surface area contributed by atoms with E-state index in [1.54, 1.807) is 18.2 Å². The van der Waals surface area contributed by atoms with Gasteiger partial charge in [0.2, 0.25) is 17.6 Å². The predicted octanol–water partition coefficient (Wildman–Crippen LogP) is -0.716. The molecule has 6 N–H and O–H groups in total. The SMILES string of the molecule is C[C@H](NC(=O)CNC(=O)c1ccncc1)C(=O)NCC(=O)C(=O)NCc1cccc(SN)c1. The van der Waals surface area contributed by atoms with Crippen LogP contribution in [-0.4, -0.2) is 53.5 Å². The molecular weight excluding hydrogens is 448 g/mol. The number of nitrogens with one attached hydrogen (secondary N) is 4. The third kappa shape index (κ3) is 8.71. The first-order valence-electron chi connectivity index (χ1n) is 9.82. The number of carbonyl (C=O) groups is 5. The molecule has 1 aromatic heterocycles. The number of nitrogens with zero attached hydrogens (tertiary/aromatic N) is 1. The molecule has 2 aromatic rings. The fourth-order valence-corrected chi connectivity index (χ4v) is 2.91. The lowest BCUT2D eigenvalue weighted by Gasteiger charge is -2.14. The highest BCUT2D eigenvalue weighted by Gasteiger charge is 2.19. The number of nitrogens with two attached hydrogens (primary N) is 1. The lowest BCUT2D eigenvalue weighted by molar-refractivity contribution is -0.138. The number of aromatic nitrogens is 1. The van der Waals surface area contributed by atoms with Gasteiger partial charge in [-0.15, -0.1) is 0 Å². The zero-order chi connectivity index (χ0) is 24.2. The Kier molecular flexibility index (Phi) is 9.99. The van der Waals surface area contributed by atoms with Crippen LogP contribution >= 0.6 is 11.9 Å². The molecular formula is C21H24N6O5S. The van der Waals surface area contributed by atoms with Crippen molar-refractivity contribution in [3.63, 3.8) is 0 Å². The predicted molar refractivity (Wildman–Crippen MR) is 121 cm³/mol. The second-order valence-electron chi connectivity index (χ2n) is 6.80. The maximum absolute atomic E-state index is 12.1. The van der Waals surface area contributed by atoms with E-state index in [1.165, 1.54) is 31.5 Å². The van der Waals surface area contributed by atoms with Crippen molar-refractivity contribution < 1.29 is 24.0 Å². The molecule has 33 heavy (non-hydrogen) atoms. The Balaban J connectivity index is 1.69. The second kappa shape index (κ2) is 12.9. The molecule has 1 atom stereocenters. The summed E-state index contributed by atoms with van der Waals surface area (Å²) in [6.45, 7) is 0.668. The maximum atomic E-state index is 12.1. The first kappa shape index (κ1) is 25.5. The van der Waals surface area contributed by atoms with Crippen molar-refractivity contribution in [1.29, 1.82) is 0 Å². The molecule has 11 nitrogen and oxygen atoms in total. The quantitative estimate of drug-likeness (QED) is 0.211. The third-order valence-electron chi connectivity index (χ3n) is 4.29. The van der Waals surface area contributed by atoms with E-state index in [0.29, 0.717) is 5.56 Å². The van der Waals surface area contributed by atoms with Gasteiger partial charge in [-0.05, 0) is 48.7 Å². The molecule has 1 heterocycles. The number of pyridine rings is 1. The van der Waals surface area contributed by atoms with Crippen molar-refractivity contribution in [2.75, 3.05) is 13.1 Å². The molecule has 2 rings (SSSR count). The van der Waals surface area contributed by atoms with Gasteiger partial charge in [0, 0.05) is 29.4 Å². The van der Waals surface area contributed by atoms with E-state index < -0.39 is 42.0 Å². The molecule has 0 unspecified atom stereocenters. The average molecular weight is 473 g/mol. The summed E-state index contributed by atoms with van der Waals surface area (Å²) in [5.74, 6) is -3.40. The second-order valence-corrected chi connectivity index (χ2v) is 7.50. The molecule has 1 aromatic carbocycles. The number of rotatable bonds is 11. The van der Waals surface area contributed by atoms with E-state index in [0.717, 1.165) is 22.4 Å². The highest BCUT2D eigenvalue weighted by Crippen LogP contribution is 2.13. The van der Waals surface area contributed by atoms with Crippen LogP contribution in [0.5, 0.6) is 0 Å². The van der Waals surface area contributed by atoms with Crippen molar-refractivity contribution in [2.24, 2.45) is 5.14 Å². The van der Waals surface area contributed by atoms with E-state index in [-0.39, 0.29) is 13.1 Å². The normalized spacial score (nSPS) is 11.1. The summed E-state index contributed by atoms with van der Waals surface area (Å²) in [4.78, 5) is 64.5. The average Bonchev–Trinajstić information content (AvgIpc) is 2.84. The minimum atomic E-state index is -0.984. The van der Waals surface area contributed by atoms with E-state index in [4.69, 9.17) is 5.14 Å². The van der Waals surface area contributed by atoms with Crippen LogP contribution in [0.25, 0.3) is 0 Å². The topological polar surface area (TPSA) is 172 Å². The lowest BCUT2D eigenvalue weighted by Crippen LogP contribution is -2.49. The molecule has 0 aliphatic rings. The van der Waals surface area contributed by atoms with E-state index in [9.17, 15) is 24.0 Å². The Morgan fingerprint density at radius 3 is 2.42 bits per heavy atom. The Morgan fingerprint density at radius 2 is 1.73 bits per heavy atom. The number of benzene rings is 1. The molecule has 0 radical (unpaired) electrons. The number of ketones is 1. The van der Waals surface area contributed by atoms with Crippen LogP contribution in [0, 0.1) is 0 Å². The molecule has 12 heteroatoms. The van der Waals surface area contributed by atoms with Crippen LogP contribution < -0.4 is 26.4 Å². The third-order valence-corrected chi connectivity index (χ3v) is 4.81. The number of hydrogen-bond donors (Lipinski definition) is 5. The Labute approximate surface area is 194 Å². The van der Waals surface area contributed by atoms with Gasteiger partial charge in [0.15, 0.2) is 0 Å². The number of carbonyl (C=O) groups excluding carboxylic acids is 5. The molecule has 0 bridgehead atoms. The summed E-state index contributed by atoms with van der Waals surface area (Å²) in [6.07, 6.45) is 2.89. The van der Waals surface area contributed by atoms with E-state index in [2.05, 4.69) is 26.3 Å². The largest absolute Gasteiger partial charge is 0.347 e. The highest BCUT2D eigenvalue weighted by atomic mass is 32.2. The Hall–Kier alpha value is -3.77. The molecule has 174 valence electrons. The first-order chi connectivity index (χ1) is 15.8. The van der Waals surface area contributed by atoms with Crippen LogP contribution in [-0.2, 0) is 25.7 Å². The van der Waals surface area contributed by atoms with Crippen molar-refractivity contribution in [1.82, 2.24) is 26.3 Å². The Bertz CT molecular complexity index is 1020. The monoisotopic (exact) mass is 472 g/mol. The number of hydrogen-bond acceptors (Lipinski definition) is 8. The molecule has 0 aliphatic carbocycles. The smallest absolute Gasteiger partial charge is 0.289 e. The summed E-state index contributed by atoms with van der Waals surface area (Å²) in [5.41, 5.74) is 1.11. The fraction of sp³-hybridized carbons (Fsp3) is 0.238. The lowest BCUT2D eigenvalue weighted by atomic mass is 10.2. The molecule has 0 saturated heterocycles. The minimum absolute atomic E-state index is 0.130. The van der Waals surface area contributed by atoms with Gasteiger partial charge in [0.1, 0.15) is 6.04 Å². The molecule has 0 fully saturated rings. The van der Waals surface area contributed by atoms with Crippen molar-refractivity contribution in [3.05, 3.63) is 59.9 Å². The number of amides is 4. The molecule has 0 aliphatic heterocycles. The van der Waals surface area contributed by atoms with E-state index >= 15 is 0 Å². The maximum Gasteiger partial charge on any atom is 0.289 e. The molecule has 0 spiro atoms. The zero-order valence-electron chi connectivity index (χ0n) is 17.8. The highest BCUT2D eigenvalue weighted by molar-refractivity contribution is 7.97. The summed E-state index contributed by atoms with van der Waals surface area (Å²) < 4.78 is 0. The van der Waals surface area contributed by atoms with Gasteiger partial charge in [-0.25, -0.2) is 0 Å². The van der Waals surface area contributed by atoms with Gasteiger partial charge in [-0.1, -0.05) is 12.1 Å². The van der Waals surface area contributed by atoms with Crippen LogP contribution in [0.3, 0.4) is 0 Å². The minimum Gasteiger partial charge on any atom is -0.347 e. The summed E-state index contributed by atoms with van der Waals surface area (Å²) in [5, 5.41) is 15.1. The van der Waals surface area contributed by atoms with Crippen LogP contribution in [0.2, 0.25) is 0 Å². The summed E-state index contributed by atoms with van der Waals surface area (Å²) in [6, 6.07) is 9.14. The first-order valence-corrected chi connectivity index (χ1v) is 10.7. The zero-order valence-corrected chi connectivity index (χ0v) is 18.6. The van der Waals surface area contributed by atoms with Gasteiger partial charge < -0.3 is 21.3 Å². The van der Waals surface area contributed by atoms with Crippen molar-refractivity contribution >= 4 is 41.4 Å². The summed E-state index contributed by atoms with van der Waals surface area (Å²) >= 11 is 1.06. The van der Waals surface area contributed by atoms with Gasteiger partial charge in [0.25, 0.3) is 11.8 Å².